The van der Waals surface area contributed by atoms with Gasteiger partial charge in [0, 0.05) is 77.9 Å². The van der Waals surface area contributed by atoms with Crippen molar-refractivity contribution in [1.29, 1.82) is 5.26 Å². The Morgan fingerprint density at radius 2 is 0.689 bits per heavy atom. The summed E-state index contributed by atoms with van der Waals surface area (Å²) >= 11 is 0. The maximum absolute atomic E-state index is 10.4. The molecule has 15 aromatic carbocycles. The molecule has 0 amide bonds. The summed E-state index contributed by atoms with van der Waals surface area (Å²) in [5, 5.41) is 15.2. The lowest BCUT2D eigenvalue weighted by atomic mass is 9.33. The van der Waals surface area contributed by atoms with Crippen LogP contribution in [-0.4, -0.2) is 15.8 Å². The molecular weight excluding hydrogens is 1250 g/mol. The molecule has 2 aliphatic heterocycles. The van der Waals surface area contributed by atoms with Crippen molar-refractivity contribution < 1.29 is 0 Å². The minimum atomic E-state index is -0.393. The lowest BCUT2D eigenvalue weighted by Crippen LogP contribution is -2.61. The highest BCUT2D eigenvalue weighted by Crippen LogP contribution is 2.55. The summed E-state index contributed by atoms with van der Waals surface area (Å²) in [6, 6.07) is 127. The summed E-state index contributed by atoms with van der Waals surface area (Å²) in [5.74, 6) is 0. The van der Waals surface area contributed by atoms with E-state index in [4.69, 9.17) is 6.57 Å². The van der Waals surface area contributed by atoms with E-state index in [2.05, 4.69) is 366 Å². The van der Waals surface area contributed by atoms with Crippen molar-refractivity contribution in [2.75, 3.05) is 9.80 Å². The molecule has 4 heterocycles. The van der Waals surface area contributed by atoms with E-state index in [0.29, 0.717) is 11.3 Å². The Balaban J connectivity index is 0.979. The second-order valence-electron chi connectivity index (χ2n) is 28.2. The average molecular weight is 1310 g/mol. The molecule has 103 heavy (non-hydrogen) atoms. The van der Waals surface area contributed by atoms with Crippen LogP contribution in [0.5, 0.6) is 0 Å². The zero-order valence-electron chi connectivity index (χ0n) is 57.1. The van der Waals surface area contributed by atoms with Gasteiger partial charge in [-0.2, -0.15) is 5.26 Å². The molecule has 17 aromatic rings. The molecule has 0 spiro atoms. The standard InChI is InChI=1S/C96H65BN6/c1-96(2,3)71-57-91-93-92(58-71)103(95-76(66-47-49-72(99-4)50-48-66)36-22-38-78(95)70-30-20-28-68(56-70)64-25-9-6-10-26-64)90-60-74(101-87-41-17-13-33-81(87)82-34-14-18-42-88(82)101)52-54-84(90)97(93)83-53-51-73(100-85-39-15-11-31-79(85)80-32-12-16-40-86(80)100)59-89(83)102(91)94-75(65-45-43-62(61-98)44-46-65)35-21-37-77(94)69-29-19-27-67(55-69)63-23-7-5-8-24-63/h5-60H,1-3H3. The van der Waals surface area contributed by atoms with Crippen molar-refractivity contribution in [3.8, 4) is 84.2 Å². The minimum absolute atomic E-state index is 0.308. The van der Waals surface area contributed by atoms with E-state index in [-0.39, 0.29) is 6.71 Å². The van der Waals surface area contributed by atoms with Gasteiger partial charge in [-0.3, -0.25) is 0 Å². The molecule has 0 saturated carbocycles. The zero-order chi connectivity index (χ0) is 69.0. The number of benzene rings is 15. The van der Waals surface area contributed by atoms with Gasteiger partial charge in [-0.15, -0.1) is 0 Å². The van der Waals surface area contributed by atoms with Gasteiger partial charge in [-0.25, -0.2) is 4.85 Å². The summed E-state index contributed by atoms with van der Waals surface area (Å²) in [5.41, 5.74) is 31.1. The van der Waals surface area contributed by atoms with E-state index in [0.717, 1.165) is 151 Å². The highest BCUT2D eigenvalue weighted by Gasteiger charge is 2.46. The van der Waals surface area contributed by atoms with Crippen LogP contribution in [0.2, 0.25) is 0 Å². The van der Waals surface area contributed by atoms with Crippen molar-refractivity contribution in [2.24, 2.45) is 0 Å². The number of fused-ring (bicyclic) bond motifs is 10. The zero-order valence-corrected chi connectivity index (χ0v) is 57.1. The van der Waals surface area contributed by atoms with E-state index in [9.17, 15) is 5.26 Å². The van der Waals surface area contributed by atoms with Crippen LogP contribution in [0, 0.1) is 17.9 Å². The first kappa shape index (κ1) is 60.7. The van der Waals surface area contributed by atoms with Crippen molar-refractivity contribution in [1.82, 2.24) is 9.13 Å². The number of aromatic nitrogens is 2. The summed E-state index contributed by atoms with van der Waals surface area (Å²) in [7, 11) is 0. The molecule has 0 aliphatic carbocycles. The summed E-state index contributed by atoms with van der Waals surface area (Å²) in [6.45, 7) is 14.9. The van der Waals surface area contributed by atoms with Gasteiger partial charge in [-0.05, 0) is 157 Å². The van der Waals surface area contributed by atoms with E-state index in [1.165, 1.54) is 27.0 Å². The molecule has 0 saturated heterocycles. The minimum Gasteiger partial charge on any atom is -0.310 e. The maximum Gasteiger partial charge on any atom is 0.252 e. The van der Waals surface area contributed by atoms with Crippen LogP contribution in [0.1, 0.15) is 31.9 Å². The SMILES string of the molecule is [C-]#[N+]c1ccc(-c2cccc(-c3cccc(-c4ccccc4)c3)c2N2c3cc(-n4c5ccccc5c5ccccc54)ccc3B3c4ccc(-n5c6ccccc6c6ccccc65)cc4N(c4c(-c5ccc(C#N)cc5)cccc4-c4cccc(-c5ccccc5)c4)c4cc(C(C)(C)C)cc2c43)cc1. The van der Waals surface area contributed by atoms with Gasteiger partial charge in [-0.1, -0.05) is 276 Å². The monoisotopic (exact) mass is 1310 g/mol. The maximum atomic E-state index is 10.4. The highest BCUT2D eigenvalue weighted by molar-refractivity contribution is 7.00. The van der Waals surface area contributed by atoms with Crippen molar-refractivity contribution >= 4 is 107 Å². The van der Waals surface area contributed by atoms with Crippen LogP contribution in [0.4, 0.5) is 39.8 Å². The largest absolute Gasteiger partial charge is 0.310 e. The predicted molar refractivity (Wildman–Crippen MR) is 431 cm³/mol. The molecule has 0 N–H and O–H groups in total. The summed E-state index contributed by atoms with van der Waals surface area (Å²) in [6.07, 6.45) is 0. The quantitative estimate of drug-likeness (QED) is 0.101. The van der Waals surface area contributed by atoms with E-state index in [1.807, 2.05) is 24.3 Å². The molecule has 482 valence electrons. The first-order valence-corrected chi connectivity index (χ1v) is 35.3. The number of para-hydroxylation sites is 6. The van der Waals surface area contributed by atoms with Gasteiger partial charge >= 0.3 is 0 Å². The molecular formula is C96H65BN6. The molecule has 0 bridgehead atoms. The smallest absolute Gasteiger partial charge is 0.252 e. The summed E-state index contributed by atoms with van der Waals surface area (Å²) < 4.78 is 4.91. The van der Waals surface area contributed by atoms with Crippen LogP contribution in [0.3, 0.4) is 0 Å². The molecule has 0 atom stereocenters. The fraction of sp³-hybridized carbons (Fsp3) is 0.0417. The Labute approximate surface area is 599 Å². The Hall–Kier alpha value is -13.5. The van der Waals surface area contributed by atoms with E-state index >= 15 is 0 Å². The van der Waals surface area contributed by atoms with Crippen molar-refractivity contribution in [3.63, 3.8) is 0 Å². The number of nitrogens with zero attached hydrogens (tertiary/aromatic N) is 6. The summed E-state index contributed by atoms with van der Waals surface area (Å²) in [4.78, 5) is 9.18. The van der Waals surface area contributed by atoms with Gasteiger partial charge in [0.2, 0.25) is 0 Å². The molecule has 7 heteroatoms. The van der Waals surface area contributed by atoms with Crippen molar-refractivity contribution in [3.05, 3.63) is 362 Å². The third-order valence-electron chi connectivity index (χ3n) is 21.3. The van der Waals surface area contributed by atoms with Crippen LogP contribution in [0.15, 0.2) is 340 Å². The Morgan fingerprint density at radius 1 is 0.330 bits per heavy atom. The fourth-order valence-corrected chi connectivity index (χ4v) is 16.5. The first-order valence-electron chi connectivity index (χ1n) is 35.3. The molecule has 2 aliphatic rings. The van der Waals surface area contributed by atoms with Crippen molar-refractivity contribution in [2.45, 2.75) is 26.2 Å². The number of hydrogen-bond acceptors (Lipinski definition) is 3. The molecule has 0 fully saturated rings. The molecule has 0 radical (unpaired) electrons. The fourth-order valence-electron chi connectivity index (χ4n) is 16.5. The first-order chi connectivity index (χ1) is 50.6. The van der Waals surface area contributed by atoms with Crippen LogP contribution in [0.25, 0.3) is 127 Å². The highest BCUT2D eigenvalue weighted by atomic mass is 15.2. The number of hydrogen-bond donors (Lipinski definition) is 0. The van der Waals surface area contributed by atoms with Crippen LogP contribution >= 0.6 is 0 Å². The molecule has 2 aromatic heterocycles. The number of nitriles is 1. The second kappa shape index (κ2) is 24.2. The third kappa shape index (κ3) is 9.92. The average Bonchev–Trinajstić information content (AvgIpc) is 1.14. The predicted octanol–water partition coefficient (Wildman–Crippen LogP) is 23.7. The van der Waals surface area contributed by atoms with Crippen LogP contribution < -0.4 is 26.2 Å². The molecule has 19 rings (SSSR count). The molecule has 0 unspecified atom stereocenters. The van der Waals surface area contributed by atoms with Gasteiger partial charge < -0.3 is 18.9 Å². The van der Waals surface area contributed by atoms with E-state index in [1.54, 1.807) is 0 Å². The normalized spacial score (nSPS) is 12.3. The van der Waals surface area contributed by atoms with Crippen LogP contribution in [-0.2, 0) is 5.41 Å². The van der Waals surface area contributed by atoms with Gasteiger partial charge in [0.1, 0.15) is 0 Å². The Kier molecular flexibility index (Phi) is 14.2. The van der Waals surface area contributed by atoms with E-state index < -0.39 is 5.41 Å². The lowest BCUT2D eigenvalue weighted by molar-refractivity contribution is 0.590. The third-order valence-corrected chi connectivity index (χ3v) is 21.3. The topological polar surface area (TPSA) is 44.5 Å². The Bertz CT molecular complexity index is 5900. The number of rotatable bonds is 10. The van der Waals surface area contributed by atoms with Gasteiger partial charge in [0.05, 0.1) is 51.6 Å². The molecule has 6 nitrogen and oxygen atoms in total. The second-order valence-corrected chi connectivity index (χ2v) is 28.2. The van der Waals surface area contributed by atoms with Gasteiger partial charge in [0.15, 0.2) is 5.69 Å². The lowest BCUT2D eigenvalue weighted by Gasteiger charge is -2.46. The number of anilines is 6. The Morgan fingerprint density at radius 3 is 1.09 bits per heavy atom. The van der Waals surface area contributed by atoms with Gasteiger partial charge in [0.25, 0.3) is 6.71 Å².